The van der Waals surface area contributed by atoms with Crippen molar-refractivity contribution in [2.75, 3.05) is 5.32 Å². The van der Waals surface area contributed by atoms with Gasteiger partial charge in [-0.15, -0.1) is 0 Å². The van der Waals surface area contributed by atoms with Crippen molar-refractivity contribution in [1.82, 2.24) is 0 Å². The number of nitrogens with zero attached hydrogens (tertiary/aromatic N) is 1. The molecule has 0 fully saturated rings. The van der Waals surface area contributed by atoms with Crippen LogP contribution in [-0.2, 0) is 4.79 Å². The van der Waals surface area contributed by atoms with E-state index in [9.17, 15) is 10.1 Å². The predicted octanol–water partition coefficient (Wildman–Crippen LogP) is 5.79. The second-order valence-electron chi connectivity index (χ2n) is 7.14. The van der Waals surface area contributed by atoms with Gasteiger partial charge in [0.05, 0.1) is 0 Å². The lowest BCUT2D eigenvalue weighted by molar-refractivity contribution is -0.112. The number of para-hydroxylation sites is 1. The van der Waals surface area contributed by atoms with E-state index in [1.807, 2.05) is 55.5 Å². The number of nitriles is 1. The van der Waals surface area contributed by atoms with E-state index in [0.717, 1.165) is 22.4 Å². The van der Waals surface area contributed by atoms with Gasteiger partial charge in [-0.2, -0.15) is 5.26 Å². The summed E-state index contributed by atoms with van der Waals surface area (Å²) < 4.78 is 0. The summed E-state index contributed by atoms with van der Waals surface area (Å²) in [4.78, 5) is 12.6. The number of aryl methyl sites for hydroxylation is 1. The van der Waals surface area contributed by atoms with Gasteiger partial charge >= 0.3 is 0 Å². The van der Waals surface area contributed by atoms with Crippen LogP contribution in [0.3, 0.4) is 0 Å². The molecule has 2 aromatic rings. The fourth-order valence-corrected chi connectivity index (χ4v) is 2.82. The van der Waals surface area contributed by atoms with E-state index in [1.165, 1.54) is 5.56 Å². The van der Waals surface area contributed by atoms with Gasteiger partial charge in [-0.3, -0.25) is 4.79 Å². The normalized spacial score (nSPS) is 11.5. The molecular weight excluding hydrogens is 320 g/mol. The summed E-state index contributed by atoms with van der Waals surface area (Å²) in [6, 6.07) is 15.9. The standard InChI is InChI=1S/C23H26N2O/c1-15(2)19-11-9-18(10-12-19)13-20(14-24)23(26)25-22-17(5)7-6-8-21(22)16(3)4/h6-13,15-16H,1-5H3,(H,25,26). The number of carbonyl (C=O) groups is 1. The summed E-state index contributed by atoms with van der Waals surface area (Å²) in [5.41, 5.74) is 5.02. The van der Waals surface area contributed by atoms with Crippen LogP contribution in [-0.4, -0.2) is 5.91 Å². The highest BCUT2D eigenvalue weighted by Gasteiger charge is 2.15. The van der Waals surface area contributed by atoms with Crippen LogP contribution in [0.25, 0.3) is 6.08 Å². The minimum atomic E-state index is -0.378. The number of amides is 1. The topological polar surface area (TPSA) is 52.9 Å². The summed E-state index contributed by atoms with van der Waals surface area (Å²) in [7, 11) is 0. The zero-order chi connectivity index (χ0) is 19.3. The second kappa shape index (κ2) is 8.49. The van der Waals surface area contributed by atoms with Crippen LogP contribution in [0.2, 0.25) is 0 Å². The maximum atomic E-state index is 12.6. The highest BCUT2D eigenvalue weighted by molar-refractivity contribution is 6.10. The molecule has 3 nitrogen and oxygen atoms in total. The van der Waals surface area contributed by atoms with Crippen molar-refractivity contribution >= 4 is 17.7 Å². The maximum Gasteiger partial charge on any atom is 0.266 e. The van der Waals surface area contributed by atoms with Crippen LogP contribution in [0, 0.1) is 18.3 Å². The van der Waals surface area contributed by atoms with E-state index < -0.39 is 0 Å². The molecule has 134 valence electrons. The molecule has 2 aromatic carbocycles. The van der Waals surface area contributed by atoms with Gasteiger partial charge in [0.15, 0.2) is 0 Å². The van der Waals surface area contributed by atoms with Gasteiger partial charge in [-0.1, -0.05) is 70.2 Å². The average molecular weight is 346 g/mol. The third-order valence-corrected chi connectivity index (χ3v) is 4.44. The smallest absolute Gasteiger partial charge is 0.266 e. The molecule has 1 N–H and O–H groups in total. The van der Waals surface area contributed by atoms with Crippen LogP contribution >= 0.6 is 0 Å². The quantitative estimate of drug-likeness (QED) is 0.550. The monoisotopic (exact) mass is 346 g/mol. The Morgan fingerprint density at radius 1 is 1.04 bits per heavy atom. The summed E-state index contributed by atoms with van der Waals surface area (Å²) in [5.74, 6) is 0.349. The number of nitrogens with one attached hydrogen (secondary N) is 1. The molecule has 0 radical (unpaired) electrons. The van der Waals surface area contributed by atoms with Crippen molar-refractivity contribution in [1.29, 1.82) is 5.26 Å². The Balaban J connectivity index is 2.29. The van der Waals surface area contributed by atoms with Gasteiger partial charge < -0.3 is 5.32 Å². The zero-order valence-corrected chi connectivity index (χ0v) is 16.1. The van der Waals surface area contributed by atoms with Gasteiger partial charge in [0.2, 0.25) is 0 Å². The third-order valence-electron chi connectivity index (χ3n) is 4.44. The van der Waals surface area contributed by atoms with Gasteiger partial charge in [-0.05, 0) is 47.1 Å². The van der Waals surface area contributed by atoms with E-state index >= 15 is 0 Å². The van der Waals surface area contributed by atoms with Crippen LogP contribution in [0.4, 0.5) is 5.69 Å². The minimum absolute atomic E-state index is 0.0975. The number of hydrogen-bond acceptors (Lipinski definition) is 2. The fraction of sp³-hybridized carbons (Fsp3) is 0.304. The van der Waals surface area contributed by atoms with Crippen molar-refractivity contribution < 1.29 is 4.79 Å². The van der Waals surface area contributed by atoms with Gasteiger partial charge in [-0.25, -0.2) is 0 Å². The SMILES string of the molecule is Cc1cccc(C(C)C)c1NC(=O)C(C#N)=Cc1ccc(C(C)C)cc1. The molecule has 0 aliphatic carbocycles. The van der Waals surface area contributed by atoms with Gasteiger partial charge in [0.1, 0.15) is 11.6 Å². The van der Waals surface area contributed by atoms with E-state index in [0.29, 0.717) is 5.92 Å². The first-order valence-corrected chi connectivity index (χ1v) is 8.96. The first kappa shape index (κ1) is 19.5. The zero-order valence-electron chi connectivity index (χ0n) is 16.1. The lowest BCUT2D eigenvalue weighted by Gasteiger charge is -2.16. The first-order chi connectivity index (χ1) is 12.3. The molecule has 0 saturated heterocycles. The molecule has 0 spiro atoms. The highest BCUT2D eigenvalue weighted by Crippen LogP contribution is 2.28. The Hall–Kier alpha value is -2.86. The highest BCUT2D eigenvalue weighted by atomic mass is 16.1. The lowest BCUT2D eigenvalue weighted by atomic mass is 9.98. The molecule has 0 unspecified atom stereocenters. The molecule has 3 heteroatoms. The second-order valence-corrected chi connectivity index (χ2v) is 7.14. The van der Waals surface area contributed by atoms with Crippen molar-refractivity contribution in [3.05, 3.63) is 70.3 Å². The molecule has 0 bridgehead atoms. The Bertz CT molecular complexity index is 853. The van der Waals surface area contributed by atoms with Gasteiger partial charge in [0, 0.05) is 5.69 Å². The molecule has 0 aliphatic rings. The predicted molar refractivity (Wildman–Crippen MR) is 108 cm³/mol. The number of hydrogen-bond donors (Lipinski definition) is 1. The number of anilines is 1. The Kier molecular flexibility index (Phi) is 6.36. The summed E-state index contributed by atoms with van der Waals surface area (Å²) >= 11 is 0. The van der Waals surface area contributed by atoms with Crippen molar-refractivity contribution in [3.8, 4) is 6.07 Å². The van der Waals surface area contributed by atoms with Crippen molar-refractivity contribution in [3.63, 3.8) is 0 Å². The molecule has 0 aliphatic heterocycles. The Morgan fingerprint density at radius 3 is 2.23 bits per heavy atom. The van der Waals surface area contributed by atoms with Crippen LogP contribution in [0.1, 0.15) is 61.8 Å². The van der Waals surface area contributed by atoms with Crippen LogP contribution in [0.5, 0.6) is 0 Å². The summed E-state index contributed by atoms with van der Waals surface area (Å²) in [5, 5.41) is 12.4. The molecule has 2 rings (SSSR count). The molecule has 0 saturated carbocycles. The van der Waals surface area contributed by atoms with E-state index in [2.05, 4.69) is 33.0 Å². The minimum Gasteiger partial charge on any atom is -0.321 e. The Morgan fingerprint density at radius 2 is 1.69 bits per heavy atom. The summed E-state index contributed by atoms with van der Waals surface area (Å²) in [6.45, 7) is 10.4. The van der Waals surface area contributed by atoms with Crippen LogP contribution in [0.15, 0.2) is 48.0 Å². The molecule has 0 atom stereocenters. The number of rotatable bonds is 5. The first-order valence-electron chi connectivity index (χ1n) is 8.96. The van der Waals surface area contributed by atoms with Crippen molar-refractivity contribution in [2.24, 2.45) is 0 Å². The largest absolute Gasteiger partial charge is 0.321 e. The average Bonchev–Trinajstić information content (AvgIpc) is 2.61. The third kappa shape index (κ3) is 4.61. The molecular formula is C23H26N2O. The maximum absolute atomic E-state index is 12.6. The lowest BCUT2D eigenvalue weighted by Crippen LogP contribution is -2.16. The molecule has 26 heavy (non-hydrogen) atoms. The molecule has 1 amide bonds. The fourth-order valence-electron chi connectivity index (χ4n) is 2.82. The van der Waals surface area contributed by atoms with E-state index in [1.54, 1.807) is 6.08 Å². The summed E-state index contributed by atoms with van der Waals surface area (Å²) in [6.07, 6.45) is 1.63. The van der Waals surface area contributed by atoms with Crippen LogP contribution < -0.4 is 5.32 Å². The van der Waals surface area contributed by atoms with Gasteiger partial charge in [0.25, 0.3) is 5.91 Å². The molecule has 0 heterocycles. The van der Waals surface area contributed by atoms with Crippen molar-refractivity contribution in [2.45, 2.75) is 46.5 Å². The molecule has 0 aromatic heterocycles. The van der Waals surface area contributed by atoms with E-state index in [-0.39, 0.29) is 17.4 Å². The Labute approximate surface area is 156 Å². The van der Waals surface area contributed by atoms with E-state index in [4.69, 9.17) is 0 Å². The number of benzene rings is 2. The number of carbonyl (C=O) groups excluding carboxylic acids is 1.